The molecule has 0 bridgehead atoms. The van der Waals surface area contributed by atoms with Crippen LogP contribution < -0.4 is 19.6 Å². The number of hydrazone groups is 1. The quantitative estimate of drug-likeness (QED) is 0.191. The molecule has 0 atom stereocenters. The van der Waals surface area contributed by atoms with Gasteiger partial charge in [-0.1, -0.05) is 42.5 Å². The summed E-state index contributed by atoms with van der Waals surface area (Å²) in [5, 5.41) is 3.97. The van der Waals surface area contributed by atoms with Gasteiger partial charge in [-0.2, -0.15) is 5.10 Å². The first-order chi connectivity index (χ1) is 15.6. The van der Waals surface area contributed by atoms with Gasteiger partial charge in [-0.05, 0) is 47.5 Å². The summed E-state index contributed by atoms with van der Waals surface area (Å²) in [6.45, 7) is 0. The van der Waals surface area contributed by atoms with E-state index in [1.165, 1.54) is 26.5 Å². The van der Waals surface area contributed by atoms with Gasteiger partial charge in [0.1, 0.15) is 5.75 Å². The van der Waals surface area contributed by atoms with Crippen molar-refractivity contribution in [1.82, 2.24) is 5.43 Å². The van der Waals surface area contributed by atoms with Crippen LogP contribution in [0.3, 0.4) is 0 Å². The van der Waals surface area contributed by atoms with Crippen LogP contribution in [0.25, 0.3) is 6.08 Å². The minimum Gasteiger partial charge on any atom is -0.496 e. The molecule has 0 heterocycles. The Hall–Kier alpha value is -4.39. The minimum atomic E-state index is -0.530. The zero-order chi connectivity index (χ0) is 22.8. The first kappa shape index (κ1) is 22.3. The summed E-state index contributed by atoms with van der Waals surface area (Å²) in [4.78, 5) is 24.4. The van der Waals surface area contributed by atoms with Gasteiger partial charge in [-0.25, -0.2) is 10.2 Å². The molecule has 3 aromatic carbocycles. The molecule has 0 aromatic heterocycles. The summed E-state index contributed by atoms with van der Waals surface area (Å²) in [6.07, 6.45) is 4.47. The van der Waals surface area contributed by atoms with Gasteiger partial charge in [0.05, 0.1) is 26.0 Å². The Bertz CT molecular complexity index is 1140. The van der Waals surface area contributed by atoms with Gasteiger partial charge in [-0.3, -0.25) is 4.79 Å². The van der Waals surface area contributed by atoms with Crippen LogP contribution in [0.5, 0.6) is 17.2 Å². The molecule has 0 spiro atoms. The molecule has 0 fully saturated rings. The minimum absolute atomic E-state index is 0.269. The fourth-order valence-electron chi connectivity index (χ4n) is 2.78. The van der Waals surface area contributed by atoms with E-state index in [4.69, 9.17) is 14.2 Å². The molecular weight excluding hydrogens is 408 g/mol. The summed E-state index contributed by atoms with van der Waals surface area (Å²) in [7, 11) is 2.96. The van der Waals surface area contributed by atoms with Crippen molar-refractivity contribution in [3.63, 3.8) is 0 Å². The van der Waals surface area contributed by atoms with E-state index >= 15 is 0 Å². The van der Waals surface area contributed by atoms with Crippen LogP contribution in [0.2, 0.25) is 0 Å². The molecule has 7 heteroatoms. The summed E-state index contributed by atoms with van der Waals surface area (Å²) >= 11 is 0. The van der Waals surface area contributed by atoms with Crippen LogP contribution in [-0.4, -0.2) is 32.3 Å². The van der Waals surface area contributed by atoms with Crippen molar-refractivity contribution in [1.29, 1.82) is 0 Å². The normalized spacial score (nSPS) is 10.8. The van der Waals surface area contributed by atoms with Gasteiger partial charge in [-0.15, -0.1) is 0 Å². The lowest BCUT2D eigenvalue weighted by Gasteiger charge is -2.09. The third kappa shape index (κ3) is 6.06. The molecule has 3 rings (SSSR count). The number of esters is 1. The predicted octanol–water partition coefficient (Wildman–Crippen LogP) is 4.09. The molecule has 3 aromatic rings. The van der Waals surface area contributed by atoms with E-state index in [0.717, 1.165) is 5.56 Å². The van der Waals surface area contributed by atoms with Crippen LogP contribution >= 0.6 is 0 Å². The van der Waals surface area contributed by atoms with Crippen LogP contribution in [0.4, 0.5) is 0 Å². The number of nitrogens with one attached hydrogen (secondary N) is 1. The average Bonchev–Trinajstić information content (AvgIpc) is 2.84. The second-order valence-corrected chi connectivity index (χ2v) is 6.47. The molecular formula is C25H22N2O5. The average molecular weight is 430 g/mol. The third-order valence-electron chi connectivity index (χ3n) is 4.34. The van der Waals surface area contributed by atoms with Gasteiger partial charge in [0.2, 0.25) is 0 Å². The Labute approximate surface area is 185 Å². The largest absolute Gasteiger partial charge is 0.496 e. The highest BCUT2D eigenvalue weighted by Gasteiger charge is 2.11. The maximum absolute atomic E-state index is 12.3. The maximum atomic E-state index is 12.3. The smallest absolute Gasteiger partial charge is 0.336 e. The molecule has 0 radical (unpaired) electrons. The van der Waals surface area contributed by atoms with E-state index in [1.807, 2.05) is 30.3 Å². The molecule has 0 unspecified atom stereocenters. The topological polar surface area (TPSA) is 86.2 Å². The monoisotopic (exact) mass is 430 g/mol. The van der Waals surface area contributed by atoms with Crippen molar-refractivity contribution in [2.75, 3.05) is 14.2 Å². The van der Waals surface area contributed by atoms with E-state index in [2.05, 4.69) is 10.5 Å². The second kappa shape index (κ2) is 11.1. The first-order valence-corrected chi connectivity index (χ1v) is 9.70. The highest BCUT2D eigenvalue weighted by Crippen LogP contribution is 2.28. The van der Waals surface area contributed by atoms with Gasteiger partial charge in [0.25, 0.3) is 5.91 Å². The van der Waals surface area contributed by atoms with E-state index in [-0.39, 0.29) is 5.75 Å². The van der Waals surface area contributed by atoms with Crippen LogP contribution in [0.1, 0.15) is 21.5 Å². The summed E-state index contributed by atoms with van der Waals surface area (Å²) in [5.74, 6) is 0.144. The number of amides is 1. The first-order valence-electron chi connectivity index (χ1n) is 9.70. The number of hydrogen-bond acceptors (Lipinski definition) is 6. The zero-order valence-electron chi connectivity index (χ0n) is 17.6. The second-order valence-electron chi connectivity index (χ2n) is 6.47. The lowest BCUT2D eigenvalue weighted by atomic mass is 10.2. The number of para-hydroxylation sites is 1. The van der Waals surface area contributed by atoms with Gasteiger partial charge >= 0.3 is 5.97 Å². The third-order valence-corrected chi connectivity index (χ3v) is 4.34. The van der Waals surface area contributed by atoms with Crippen molar-refractivity contribution in [3.05, 3.63) is 95.6 Å². The maximum Gasteiger partial charge on any atom is 0.336 e. The van der Waals surface area contributed by atoms with Crippen molar-refractivity contribution in [2.45, 2.75) is 0 Å². The lowest BCUT2D eigenvalue weighted by Crippen LogP contribution is -2.18. The van der Waals surface area contributed by atoms with Crippen molar-refractivity contribution >= 4 is 24.2 Å². The van der Waals surface area contributed by atoms with Gasteiger partial charge in [0.15, 0.2) is 11.5 Å². The summed E-state index contributed by atoms with van der Waals surface area (Å²) < 4.78 is 15.8. The van der Waals surface area contributed by atoms with E-state index in [0.29, 0.717) is 22.6 Å². The van der Waals surface area contributed by atoms with Gasteiger partial charge < -0.3 is 14.2 Å². The number of carbonyl (C=O) groups excluding carboxylic acids is 2. The summed E-state index contributed by atoms with van der Waals surface area (Å²) in [5.41, 5.74) is 4.35. The van der Waals surface area contributed by atoms with Gasteiger partial charge in [0, 0.05) is 6.08 Å². The van der Waals surface area contributed by atoms with Crippen molar-refractivity contribution < 1.29 is 23.8 Å². The fraction of sp³-hybridized carbons (Fsp3) is 0.0800. The number of ether oxygens (including phenoxy) is 3. The molecule has 32 heavy (non-hydrogen) atoms. The standard InChI is InChI=1S/C25H22N2O5/c1-30-21-11-7-6-10-20(21)25(29)27-26-17-19-12-14-22(23(16-19)31-2)32-24(28)15-13-18-8-4-3-5-9-18/h3-17H,1-2H3,(H,27,29)/b15-13+,26-17+. The zero-order valence-corrected chi connectivity index (χ0v) is 17.6. The number of methoxy groups -OCH3 is 2. The van der Waals surface area contributed by atoms with Crippen molar-refractivity contribution in [2.24, 2.45) is 5.10 Å². The van der Waals surface area contributed by atoms with Crippen molar-refractivity contribution in [3.8, 4) is 17.2 Å². The Balaban J connectivity index is 1.64. The number of nitrogens with zero attached hydrogens (tertiary/aromatic N) is 1. The van der Waals surface area contributed by atoms with E-state index < -0.39 is 11.9 Å². The fourth-order valence-corrected chi connectivity index (χ4v) is 2.78. The van der Waals surface area contributed by atoms with E-state index in [9.17, 15) is 9.59 Å². The molecule has 0 aliphatic carbocycles. The number of hydrogen-bond donors (Lipinski definition) is 1. The SMILES string of the molecule is COc1cc(/C=N/NC(=O)c2ccccc2OC)ccc1OC(=O)/C=C/c1ccccc1. The predicted molar refractivity (Wildman–Crippen MR) is 122 cm³/mol. The molecule has 0 aliphatic rings. The lowest BCUT2D eigenvalue weighted by molar-refractivity contribution is -0.129. The highest BCUT2D eigenvalue weighted by molar-refractivity contribution is 5.97. The van der Waals surface area contributed by atoms with Crippen LogP contribution in [-0.2, 0) is 4.79 Å². The Morgan fingerprint density at radius 2 is 1.53 bits per heavy atom. The molecule has 0 saturated carbocycles. The summed E-state index contributed by atoms with van der Waals surface area (Å²) in [6, 6.07) is 21.2. The Morgan fingerprint density at radius 1 is 0.812 bits per heavy atom. The van der Waals surface area contributed by atoms with Crippen LogP contribution in [0.15, 0.2) is 84.0 Å². The molecule has 0 saturated heterocycles. The Morgan fingerprint density at radius 3 is 2.28 bits per heavy atom. The molecule has 1 N–H and O–H groups in total. The highest BCUT2D eigenvalue weighted by atomic mass is 16.6. The number of carbonyl (C=O) groups is 2. The number of benzene rings is 3. The molecule has 0 aliphatic heterocycles. The molecule has 7 nitrogen and oxygen atoms in total. The molecule has 1 amide bonds. The van der Waals surface area contributed by atoms with Crippen LogP contribution in [0, 0.1) is 0 Å². The Kier molecular flexibility index (Phi) is 7.75. The number of rotatable bonds is 8. The molecule has 162 valence electrons. The van der Waals surface area contributed by atoms with E-state index in [1.54, 1.807) is 48.5 Å².